The Labute approximate surface area is 97.5 Å². The Bertz CT molecular complexity index is 354. The van der Waals surface area contributed by atoms with E-state index in [4.69, 9.17) is 5.73 Å². The summed E-state index contributed by atoms with van der Waals surface area (Å²) in [5.41, 5.74) is 8.81. The first-order valence-corrected chi connectivity index (χ1v) is 6.20. The Morgan fingerprint density at radius 3 is 2.69 bits per heavy atom. The summed E-state index contributed by atoms with van der Waals surface area (Å²) < 4.78 is 0. The maximum absolute atomic E-state index is 9.53. The third kappa shape index (κ3) is 2.28. The molecule has 0 aromatic heterocycles. The minimum atomic E-state index is -0.218. The molecule has 1 aromatic rings. The first-order valence-electron chi connectivity index (χ1n) is 6.20. The van der Waals surface area contributed by atoms with Gasteiger partial charge in [0.05, 0.1) is 6.10 Å². The fourth-order valence-electron chi connectivity index (χ4n) is 2.51. The highest BCUT2D eigenvalue weighted by molar-refractivity contribution is 5.30. The molecule has 0 amide bonds. The fraction of sp³-hybridized carbons (Fsp3) is 0.571. The van der Waals surface area contributed by atoms with Crippen LogP contribution in [0, 0.1) is 0 Å². The van der Waals surface area contributed by atoms with Crippen LogP contribution in [0.25, 0.3) is 0 Å². The van der Waals surface area contributed by atoms with Crippen molar-refractivity contribution in [2.24, 2.45) is 5.73 Å². The molecule has 2 rings (SSSR count). The summed E-state index contributed by atoms with van der Waals surface area (Å²) in [7, 11) is 0. The fourth-order valence-corrected chi connectivity index (χ4v) is 2.51. The van der Waals surface area contributed by atoms with Crippen molar-refractivity contribution >= 4 is 0 Å². The normalized spacial score (nSPS) is 30.3. The third-order valence-corrected chi connectivity index (χ3v) is 3.76. The molecule has 1 aliphatic carbocycles. The Kier molecular flexibility index (Phi) is 3.31. The minimum Gasteiger partial charge on any atom is -0.393 e. The van der Waals surface area contributed by atoms with Crippen LogP contribution < -0.4 is 5.73 Å². The molecular weight excluding hydrogens is 198 g/mol. The number of rotatable bonds is 2. The minimum absolute atomic E-state index is 0.147. The van der Waals surface area contributed by atoms with E-state index in [0.717, 1.165) is 32.1 Å². The molecule has 16 heavy (non-hydrogen) atoms. The summed E-state index contributed by atoms with van der Waals surface area (Å²) in [6.45, 7) is 2.16. The lowest BCUT2D eigenvalue weighted by Crippen LogP contribution is -2.41. The monoisotopic (exact) mass is 219 g/mol. The SMILES string of the molecule is CCc1cccc(C2(N)CCC(O)CC2)c1. The van der Waals surface area contributed by atoms with Crippen LogP contribution in [0.15, 0.2) is 24.3 Å². The predicted molar refractivity (Wildman–Crippen MR) is 66.2 cm³/mol. The lowest BCUT2D eigenvalue weighted by atomic mass is 9.76. The van der Waals surface area contributed by atoms with Crippen molar-refractivity contribution < 1.29 is 5.11 Å². The number of aliphatic hydroxyl groups excluding tert-OH is 1. The van der Waals surface area contributed by atoms with Gasteiger partial charge in [0.1, 0.15) is 0 Å². The average Bonchev–Trinajstić information content (AvgIpc) is 2.33. The molecule has 0 aliphatic heterocycles. The highest BCUT2D eigenvalue weighted by atomic mass is 16.3. The summed E-state index contributed by atoms with van der Waals surface area (Å²) in [5, 5.41) is 9.53. The number of aliphatic hydroxyl groups is 1. The van der Waals surface area contributed by atoms with E-state index in [9.17, 15) is 5.11 Å². The first-order chi connectivity index (χ1) is 7.64. The van der Waals surface area contributed by atoms with Gasteiger partial charge in [-0.05, 0) is 43.2 Å². The highest BCUT2D eigenvalue weighted by Crippen LogP contribution is 2.35. The van der Waals surface area contributed by atoms with Gasteiger partial charge in [0.2, 0.25) is 0 Å². The molecule has 0 heterocycles. The lowest BCUT2D eigenvalue weighted by molar-refractivity contribution is 0.0969. The Hall–Kier alpha value is -0.860. The number of hydrogen-bond donors (Lipinski definition) is 2. The second-order valence-corrected chi connectivity index (χ2v) is 4.94. The maximum Gasteiger partial charge on any atom is 0.0541 e. The quantitative estimate of drug-likeness (QED) is 0.802. The zero-order valence-electron chi connectivity index (χ0n) is 9.95. The van der Waals surface area contributed by atoms with Crippen molar-refractivity contribution in [2.45, 2.75) is 50.7 Å². The van der Waals surface area contributed by atoms with Crippen molar-refractivity contribution in [2.75, 3.05) is 0 Å². The van der Waals surface area contributed by atoms with Gasteiger partial charge in [0.15, 0.2) is 0 Å². The molecule has 2 nitrogen and oxygen atoms in total. The van der Waals surface area contributed by atoms with Gasteiger partial charge in [-0.3, -0.25) is 0 Å². The molecule has 0 bridgehead atoms. The van der Waals surface area contributed by atoms with Gasteiger partial charge in [-0.1, -0.05) is 31.2 Å². The standard InChI is InChI=1S/C14H21NO/c1-2-11-4-3-5-12(10-11)14(15)8-6-13(16)7-9-14/h3-5,10,13,16H,2,6-9,15H2,1H3. The van der Waals surface area contributed by atoms with Crippen LogP contribution >= 0.6 is 0 Å². The average molecular weight is 219 g/mol. The summed E-state index contributed by atoms with van der Waals surface area (Å²) in [6.07, 6.45) is 4.33. The van der Waals surface area contributed by atoms with Crippen LogP contribution in [0.2, 0.25) is 0 Å². The second kappa shape index (κ2) is 4.56. The second-order valence-electron chi connectivity index (χ2n) is 4.94. The molecule has 1 aliphatic rings. The van der Waals surface area contributed by atoms with Gasteiger partial charge in [0, 0.05) is 5.54 Å². The van der Waals surface area contributed by atoms with Crippen molar-refractivity contribution in [3.8, 4) is 0 Å². The van der Waals surface area contributed by atoms with Gasteiger partial charge in [-0.25, -0.2) is 0 Å². The van der Waals surface area contributed by atoms with E-state index >= 15 is 0 Å². The number of nitrogens with two attached hydrogens (primary N) is 1. The Morgan fingerprint density at radius 2 is 2.06 bits per heavy atom. The van der Waals surface area contributed by atoms with Gasteiger partial charge >= 0.3 is 0 Å². The number of hydrogen-bond acceptors (Lipinski definition) is 2. The Morgan fingerprint density at radius 1 is 1.38 bits per heavy atom. The molecule has 0 spiro atoms. The topological polar surface area (TPSA) is 46.2 Å². The van der Waals surface area contributed by atoms with E-state index in [-0.39, 0.29) is 11.6 Å². The third-order valence-electron chi connectivity index (χ3n) is 3.76. The van der Waals surface area contributed by atoms with Gasteiger partial charge < -0.3 is 10.8 Å². The molecular formula is C14H21NO. The molecule has 1 saturated carbocycles. The van der Waals surface area contributed by atoms with Gasteiger partial charge in [-0.15, -0.1) is 0 Å². The van der Waals surface area contributed by atoms with Crippen molar-refractivity contribution in [3.63, 3.8) is 0 Å². The van der Waals surface area contributed by atoms with E-state index in [0.29, 0.717) is 0 Å². The zero-order chi connectivity index (χ0) is 11.6. The summed E-state index contributed by atoms with van der Waals surface area (Å²) in [4.78, 5) is 0. The smallest absolute Gasteiger partial charge is 0.0541 e. The molecule has 2 heteroatoms. The molecule has 0 saturated heterocycles. The van der Waals surface area contributed by atoms with Crippen molar-refractivity contribution in [1.29, 1.82) is 0 Å². The van der Waals surface area contributed by atoms with E-state index in [1.165, 1.54) is 11.1 Å². The molecule has 0 unspecified atom stereocenters. The van der Waals surface area contributed by atoms with Gasteiger partial charge in [-0.2, -0.15) is 0 Å². The van der Waals surface area contributed by atoms with Crippen LogP contribution in [-0.2, 0) is 12.0 Å². The molecule has 1 fully saturated rings. The number of aryl methyl sites for hydroxylation is 1. The highest BCUT2D eigenvalue weighted by Gasteiger charge is 2.32. The summed E-state index contributed by atoms with van der Waals surface area (Å²) in [5.74, 6) is 0. The van der Waals surface area contributed by atoms with Crippen LogP contribution in [-0.4, -0.2) is 11.2 Å². The van der Waals surface area contributed by atoms with Crippen LogP contribution in [0.1, 0.15) is 43.7 Å². The van der Waals surface area contributed by atoms with Crippen LogP contribution in [0.3, 0.4) is 0 Å². The predicted octanol–water partition coefficient (Wildman–Crippen LogP) is 2.34. The molecule has 0 radical (unpaired) electrons. The number of benzene rings is 1. The van der Waals surface area contributed by atoms with Gasteiger partial charge in [0.25, 0.3) is 0 Å². The molecule has 3 N–H and O–H groups in total. The zero-order valence-corrected chi connectivity index (χ0v) is 9.95. The van der Waals surface area contributed by atoms with E-state index in [1.54, 1.807) is 0 Å². The lowest BCUT2D eigenvalue weighted by Gasteiger charge is -2.36. The van der Waals surface area contributed by atoms with Crippen molar-refractivity contribution in [1.82, 2.24) is 0 Å². The summed E-state index contributed by atoms with van der Waals surface area (Å²) in [6, 6.07) is 8.58. The van der Waals surface area contributed by atoms with E-state index in [1.807, 2.05) is 0 Å². The Balaban J connectivity index is 2.21. The first kappa shape index (κ1) is 11.6. The molecule has 88 valence electrons. The van der Waals surface area contributed by atoms with Crippen LogP contribution in [0.4, 0.5) is 0 Å². The van der Waals surface area contributed by atoms with Crippen LogP contribution in [0.5, 0.6) is 0 Å². The van der Waals surface area contributed by atoms with Crippen molar-refractivity contribution in [3.05, 3.63) is 35.4 Å². The van der Waals surface area contributed by atoms with E-state index in [2.05, 4.69) is 31.2 Å². The maximum atomic E-state index is 9.53. The molecule has 1 aromatic carbocycles. The van der Waals surface area contributed by atoms with E-state index < -0.39 is 0 Å². The largest absolute Gasteiger partial charge is 0.393 e. The summed E-state index contributed by atoms with van der Waals surface area (Å²) >= 11 is 0. The molecule has 0 atom stereocenters.